The summed E-state index contributed by atoms with van der Waals surface area (Å²) in [5, 5.41) is 13.0. The molecule has 1 aliphatic heterocycles. The van der Waals surface area contributed by atoms with E-state index in [0.29, 0.717) is 0 Å². The Morgan fingerprint density at radius 3 is 1.55 bits per heavy atom. The van der Waals surface area contributed by atoms with Crippen LogP contribution in [0.5, 0.6) is 0 Å². The summed E-state index contributed by atoms with van der Waals surface area (Å²) in [6, 6.07) is 69.7. The highest BCUT2D eigenvalue weighted by atomic mass is 31.1. The molecule has 0 bridgehead atoms. The number of para-hydroxylation sites is 1. The quantitative estimate of drug-likeness (QED) is 0.164. The van der Waals surface area contributed by atoms with Crippen molar-refractivity contribution in [1.82, 2.24) is 0 Å². The van der Waals surface area contributed by atoms with Crippen LogP contribution in [0.3, 0.4) is 0 Å². The molecule has 266 valence electrons. The topological polar surface area (TPSA) is 29.5 Å². The van der Waals surface area contributed by atoms with Crippen molar-refractivity contribution in [3.05, 3.63) is 211 Å². The lowest BCUT2D eigenvalue weighted by atomic mass is 9.95. The van der Waals surface area contributed by atoms with E-state index in [-0.39, 0.29) is 6.04 Å². The Bertz CT molecular complexity index is 3030. The second kappa shape index (κ2) is 13.7. The Labute approximate surface area is 327 Å². The van der Waals surface area contributed by atoms with Crippen LogP contribution < -0.4 is 20.6 Å². The number of hydrogen-bond donors (Lipinski definition) is 0. The molecule has 0 saturated carbocycles. The third-order valence-electron chi connectivity index (χ3n) is 11.0. The average Bonchev–Trinajstić information content (AvgIpc) is 3.44. The minimum Gasteiger partial charge on any atom is -0.404 e. The molecule has 0 unspecified atom stereocenters. The van der Waals surface area contributed by atoms with Crippen molar-refractivity contribution >= 4 is 98.0 Å². The first-order valence-corrected chi connectivity index (χ1v) is 21.5. The SMILES string of the molecule is C1=C[C@@H](c2cccc3ccccc23)N(p2oc3ccc4ccccc4c3c3c(ccc4ccccc43)o2)c2c1cccc2P(c1ccccc1)c1ccccc1. The minimum atomic E-state index is -1.79. The van der Waals surface area contributed by atoms with Gasteiger partial charge in [0.15, 0.2) is 0 Å². The van der Waals surface area contributed by atoms with E-state index in [0.717, 1.165) is 44.0 Å². The molecule has 10 aromatic rings. The number of rotatable bonds is 5. The molecule has 1 aliphatic rings. The number of fused-ring (bicyclic) bond motifs is 9. The van der Waals surface area contributed by atoms with Crippen LogP contribution in [-0.2, 0) is 0 Å². The van der Waals surface area contributed by atoms with E-state index in [4.69, 9.17) is 8.39 Å². The predicted molar refractivity (Wildman–Crippen MR) is 240 cm³/mol. The molecule has 0 aliphatic carbocycles. The maximum atomic E-state index is 7.44. The third kappa shape index (κ3) is 5.47. The molecule has 0 spiro atoms. The lowest BCUT2D eigenvalue weighted by Crippen LogP contribution is -2.30. The molecule has 56 heavy (non-hydrogen) atoms. The molecule has 11 rings (SSSR count). The number of nitrogens with zero attached hydrogens (tertiary/aromatic N) is 1. The molecule has 3 nitrogen and oxygen atoms in total. The zero-order chi connectivity index (χ0) is 37.0. The molecule has 0 N–H and O–H groups in total. The summed E-state index contributed by atoms with van der Waals surface area (Å²) in [6.45, 7) is 0. The van der Waals surface area contributed by atoms with Crippen molar-refractivity contribution < 1.29 is 8.39 Å². The van der Waals surface area contributed by atoms with Crippen LogP contribution in [0.4, 0.5) is 5.69 Å². The van der Waals surface area contributed by atoms with E-state index in [1.807, 2.05) is 0 Å². The maximum absolute atomic E-state index is 7.44. The van der Waals surface area contributed by atoms with Crippen molar-refractivity contribution in [3.8, 4) is 0 Å². The number of benzene rings is 9. The van der Waals surface area contributed by atoms with Crippen molar-refractivity contribution in [1.29, 1.82) is 0 Å². The highest BCUT2D eigenvalue weighted by Crippen LogP contribution is 2.53. The van der Waals surface area contributed by atoms with Crippen molar-refractivity contribution in [2.45, 2.75) is 6.04 Å². The van der Waals surface area contributed by atoms with Gasteiger partial charge in [0.05, 0.1) is 11.7 Å². The second-order valence-corrected chi connectivity index (χ2v) is 17.6. The first-order valence-electron chi connectivity index (χ1n) is 19.0. The largest absolute Gasteiger partial charge is 0.404 e. The second-order valence-electron chi connectivity index (χ2n) is 14.2. The fraction of sp³-hybridized carbons (Fsp3) is 0.0196. The molecule has 1 atom stereocenters. The normalized spacial score (nSPS) is 13.9. The van der Waals surface area contributed by atoms with Crippen LogP contribution in [-0.4, -0.2) is 0 Å². The lowest BCUT2D eigenvalue weighted by Gasteiger charge is -2.36. The first-order chi connectivity index (χ1) is 27.8. The molecule has 0 saturated heterocycles. The Hall–Kier alpha value is -6.37. The van der Waals surface area contributed by atoms with Crippen molar-refractivity contribution in [2.24, 2.45) is 0 Å². The Kier molecular flexibility index (Phi) is 8.09. The number of anilines is 1. The molecular formula is C51H35NO2P2. The molecular weight excluding hydrogens is 721 g/mol. The van der Waals surface area contributed by atoms with Crippen LogP contribution in [0, 0.1) is 0 Å². The van der Waals surface area contributed by atoms with Gasteiger partial charge < -0.3 is 8.39 Å². The summed E-state index contributed by atoms with van der Waals surface area (Å²) < 4.78 is 17.4. The molecule has 5 heteroatoms. The molecule has 0 amide bonds. The smallest absolute Gasteiger partial charge is 0.342 e. The van der Waals surface area contributed by atoms with E-state index in [1.165, 1.54) is 43.0 Å². The Morgan fingerprint density at radius 1 is 0.446 bits per heavy atom. The summed E-state index contributed by atoms with van der Waals surface area (Å²) in [5.74, 6) is 0. The highest BCUT2D eigenvalue weighted by molar-refractivity contribution is 7.80. The molecule has 9 aromatic carbocycles. The Morgan fingerprint density at radius 2 is 0.946 bits per heavy atom. The van der Waals surface area contributed by atoms with E-state index in [1.54, 1.807) is 0 Å². The maximum Gasteiger partial charge on any atom is 0.342 e. The standard InChI is InChI=1S/C51H35NO2P2/c1-3-20-39(21-4-1)55(40-22-5-2-6-23-40)48-28-14-19-38-29-32-45(44-27-13-18-35-15-7-10-24-41(35)44)52(51(38)48)56-53-46-33-30-36-16-8-11-25-42(36)49(46)50-43-26-12-9-17-37(43)31-34-47(50)54-56/h1-34,45H/t45-/m0/s1. The fourth-order valence-corrected chi connectivity index (χ4v) is 12.7. The van der Waals surface area contributed by atoms with E-state index in [9.17, 15) is 0 Å². The van der Waals surface area contributed by atoms with Gasteiger partial charge in [0.25, 0.3) is 0 Å². The highest BCUT2D eigenvalue weighted by Gasteiger charge is 2.35. The van der Waals surface area contributed by atoms with Gasteiger partial charge in [-0.25, -0.2) is 0 Å². The van der Waals surface area contributed by atoms with E-state index >= 15 is 0 Å². The molecule has 2 heterocycles. The average molecular weight is 756 g/mol. The molecule has 0 radical (unpaired) electrons. The Balaban J connectivity index is 1.28. The zero-order valence-corrected chi connectivity index (χ0v) is 32.2. The van der Waals surface area contributed by atoms with Crippen LogP contribution in [0.1, 0.15) is 17.2 Å². The van der Waals surface area contributed by atoms with Gasteiger partial charge in [-0.15, -0.1) is 0 Å². The monoisotopic (exact) mass is 755 g/mol. The van der Waals surface area contributed by atoms with Gasteiger partial charge in [-0.3, -0.25) is 4.67 Å². The van der Waals surface area contributed by atoms with Gasteiger partial charge in [-0.2, -0.15) is 0 Å². The van der Waals surface area contributed by atoms with Crippen LogP contribution in [0.25, 0.3) is 60.3 Å². The van der Waals surface area contributed by atoms with Crippen LogP contribution in [0.2, 0.25) is 0 Å². The fourth-order valence-electron chi connectivity index (χ4n) is 8.48. The number of hydrogen-bond acceptors (Lipinski definition) is 3. The van der Waals surface area contributed by atoms with Gasteiger partial charge in [0, 0.05) is 16.1 Å². The van der Waals surface area contributed by atoms with Gasteiger partial charge in [-0.05, 0) is 74.1 Å². The van der Waals surface area contributed by atoms with Gasteiger partial charge >= 0.3 is 8.16 Å². The summed E-state index contributed by atoms with van der Waals surface area (Å²) in [5.41, 5.74) is 5.14. The minimum absolute atomic E-state index is 0.185. The van der Waals surface area contributed by atoms with Crippen LogP contribution in [0.15, 0.2) is 209 Å². The summed E-state index contributed by atoms with van der Waals surface area (Å²) >= 11 is 0. The molecule has 0 fully saturated rings. The zero-order valence-electron chi connectivity index (χ0n) is 30.4. The van der Waals surface area contributed by atoms with Crippen molar-refractivity contribution in [3.63, 3.8) is 0 Å². The lowest BCUT2D eigenvalue weighted by molar-refractivity contribution is 0.626. The summed E-state index contributed by atoms with van der Waals surface area (Å²) in [6.07, 6.45) is 4.64. The summed E-state index contributed by atoms with van der Waals surface area (Å²) in [7, 11) is -2.76. The first kappa shape index (κ1) is 33.0. The van der Waals surface area contributed by atoms with Gasteiger partial charge in [-0.1, -0.05) is 194 Å². The van der Waals surface area contributed by atoms with Gasteiger partial charge in [0.2, 0.25) is 0 Å². The van der Waals surface area contributed by atoms with Crippen LogP contribution >= 0.6 is 16.1 Å². The van der Waals surface area contributed by atoms with E-state index in [2.05, 4.69) is 211 Å². The molecule has 1 aromatic heterocycles. The van der Waals surface area contributed by atoms with E-state index < -0.39 is 16.1 Å². The predicted octanol–water partition coefficient (Wildman–Crippen LogP) is 13.5. The third-order valence-corrected chi connectivity index (χ3v) is 14.9. The van der Waals surface area contributed by atoms with Gasteiger partial charge in [0.1, 0.15) is 11.2 Å². The summed E-state index contributed by atoms with van der Waals surface area (Å²) in [4.78, 5) is 0. The van der Waals surface area contributed by atoms with Crippen molar-refractivity contribution in [2.75, 3.05) is 4.67 Å².